The summed E-state index contributed by atoms with van der Waals surface area (Å²) < 4.78 is 5.66. The lowest BCUT2D eigenvalue weighted by atomic mass is 9.82. The maximum atomic E-state index is 12.7. The van der Waals surface area contributed by atoms with Gasteiger partial charge in [-0.15, -0.1) is 0 Å². The maximum Gasteiger partial charge on any atom is 0.410 e. The SMILES string of the molecule is C=C(C(C)CC)C(C)(C)NC(=NC)C1CCN(C(=O)OC(C)(C)C)C2(CC2)C1. The summed E-state index contributed by atoms with van der Waals surface area (Å²) >= 11 is 0. The summed E-state index contributed by atoms with van der Waals surface area (Å²) in [6.07, 6.45) is 4.90. The van der Waals surface area contributed by atoms with E-state index in [0.29, 0.717) is 11.8 Å². The van der Waals surface area contributed by atoms with Crippen LogP contribution in [0.5, 0.6) is 0 Å². The number of ether oxygens (including phenoxy) is 1. The minimum atomic E-state index is -0.456. The van der Waals surface area contributed by atoms with Crippen molar-refractivity contribution in [2.24, 2.45) is 16.8 Å². The van der Waals surface area contributed by atoms with Gasteiger partial charge in [0.05, 0.1) is 11.4 Å². The molecule has 1 N–H and O–H groups in total. The number of carbonyl (C=O) groups is 1. The number of amides is 1. The second-order valence-electron chi connectivity index (χ2n) is 10.2. The fraction of sp³-hybridized carbons (Fsp3) is 0.826. The van der Waals surface area contributed by atoms with Gasteiger partial charge in [0.1, 0.15) is 5.60 Å². The average Bonchev–Trinajstić information content (AvgIpc) is 3.35. The molecule has 160 valence electrons. The lowest BCUT2D eigenvalue weighted by molar-refractivity contribution is 0.00293. The first kappa shape index (κ1) is 22.8. The number of amidine groups is 1. The third-order valence-electron chi connectivity index (χ3n) is 6.42. The number of piperidine rings is 1. The highest BCUT2D eigenvalue weighted by Gasteiger charge is 2.55. The van der Waals surface area contributed by atoms with Crippen LogP contribution in [-0.2, 0) is 4.74 Å². The summed E-state index contributed by atoms with van der Waals surface area (Å²) in [6, 6.07) is 0. The molecule has 1 amide bonds. The van der Waals surface area contributed by atoms with Crippen LogP contribution >= 0.6 is 0 Å². The number of carbonyl (C=O) groups excluding carboxylic acids is 1. The maximum absolute atomic E-state index is 12.7. The number of hydrogen-bond acceptors (Lipinski definition) is 3. The van der Waals surface area contributed by atoms with Gasteiger partial charge in [-0.2, -0.15) is 0 Å². The summed E-state index contributed by atoms with van der Waals surface area (Å²) in [5.74, 6) is 1.85. The van der Waals surface area contributed by atoms with Crippen molar-refractivity contribution in [3.8, 4) is 0 Å². The highest BCUT2D eigenvalue weighted by molar-refractivity contribution is 5.86. The molecule has 1 spiro atoms. The van der Waals surface area contributed by atoms with Crippen LogP contribution in [0.4, 0.5) is 4.79 Å². The van der Waals surface area contributed by atoms with Crippen molar-refractivity contribution >= 4 is 11.9 Å². The monoisotopic (exact) mass is 391 g/mol. The molecule has 0 aromatic rings. The van der Waals surface area contributed by atoms with Crippen molar-refractivity contribution in [2.45, 2.75) is 97.2 Å². The Bertz CT molecular complexity index is 626. The predicted octanol–water partition coefficient (Wildman–Crippen LogP) is 5.16. The van der Waals surface area contributed by atoms with E-state index in [2.05, 4.69) is 44.6 Å². The standard InChI is InChI=1S/C23H41N3O2/c1-10-16(2)17(3)22(7,8)25-19(24-9)18-11-14-26(23(15-18)12-13-23)20(27)28-21(4,5)6/h16,18H,3,10-15H2,1-2,4-9H3,(H,24,25). The highest BCUT2D eigenvalue weighted by atomic mass is 16.6. The molecule has 1 heterocycles. The largest absolute Gasteiger partial charge is 0.444 e. The molecule has 2 aliphatic rings. The van der Waals surface area contributed by atoms with Gasteiger partial charge >= 0.3 is 6.09 Å². The molecule has 0 radical (unpaired) electrons. The summed E-state index contributed by atoms with van der Waals surface area (Å²) in [5.41, 5.74) is 0.509. The van der Waals surface area contributed by atoms with E-state index in [9.17, 15) is 4.79 Å². The number of aliphatic imine (C=N–C) groups is 1. The molecule has 1 saturated heterocycles. The quantitative estimate of drug-likeness (QED) is 0.400. The Kier molecular flexibility index (Phi) is 6.57. The molecular weight excluding hydrogens is 350 g/mol. The molecule has 2 unspecified atom stereocenters. The van der Waals surface area contributed by atoms with E-state index in [-0.39, 0.29) is 17.2 Å². The molecule has 5 nitrogen and oxygen atoms in total. The van der Waals surface area contributed by atoms with Crippen LogP contribution in [0.3, 0.4) is 0 Å². The van der Waals surface area contributed by atoms with Crippen molar-refractivity contribution < 1.29 is 9.53 Å². The van der Waals surface area contributed by atoms with Gasteiger partial charge in [0.2, 0.25) is 0 Å². The summed E-state index contributed by atoms with van der Waals surface area (Å²) in [4.78, 5) is 19.3. The third-order valence-corrected chi connectivity index (χ3v) is 6.42. The smallest absolute Gasteiger partial charge is 0.410 e. The molecule has 1 aliphatic carbocycles. The van der Waals surface area contributed by atoms with E-state index in [1.165, 1.54) is 5.57 Å². The number of likely N-dealkylation sites (tertiary alicyclic amines) is 1. The van der Waals surface area contributed by atoms with Crippen LogP contribution in [-0.4, -0.2) is 47.1 Å². The Hall–Kier alpha value is -1.52. The van der Waals surface area contributed by atoms with Crippen LogP contribution < -0.4 is 5.32 Å². The number of nitrogens with zero attached hydrogens (tertiary/aromatic N) is 2. The summed E-state index contributed by atoms with van der Waals surface area (Å²) in [6.45, 7) is 19.7. The zero-order chi connectivity index (χ0) is 21.3. The zero-order valence-electron chi connectivity index (χ0n) is 19.3. The van der Waals surface area contributed by atoms with Crippen molar-refractivity contribution in [1.29, 1.82) is 0 Å². The van der Waals surface area contributed by atoms with Crippen LogP contribution in [0, 0.1) is 11.8 Å². The minimum absolute atomic E-state index is 0.0409. The average molecular weight is 392 g/mol. The Morgan fingerprint density at radius 2 is 1.93 bits per heavy atom. The van der Waals surface area contributed by atoms with Gasteiger partial charge in [0.25, 0.3) is 0 Å². The predicted molar refractivity (Wildman–Crippen MR) is 117 cm³/mol. The van der Waals surface area contributed by atoms with Gasteiger partial charge in [-0.3, -0.25) is 4.99 Å². The Balaban J connectivity index is 2.07. The second-order valence-corrected chi connectivity index (χ2v) is 10.2. The van der Waals surface area contributed by atoms with Gasteiger partial charge < -0.3 is 15.0 Å². The Labute approximate surface area is 172 Å². The Morgan fingerprint density at radius 3 is 2.39 bits per heavy atom. The fourth-order valence-corrected chi connectivity index (χ4v) is 4.25. The van der Waals surface area contributed by atoms with E-state index in [4.69, 9.17) is 4.74 Å². The van der Waals surface area contributed by atoms with Gasteiger partial charge in [-0.05, 0) is 78.2 Å². The van der Waals surface area contributed by atoms with Gasteiger partial charge in [0, 0.05) is 25.0 Å². The van der Waals surface area contributed by atoms with Crippen LogP contribution in [0.2, 0.25) is 0 Å². The van der Waals surface area contributed by atoms with Crippen molar-refractivity contribution in [3.63, 3.8) is 0 Å². The van der Waals surface area contributed by atoms with Crippen LogP contribution in [0.1, 0.15) is 80.6 Å². The molecule has 2 rings (SSSR count). The molecule has 28 heavy (non-hydrogen) atoms. The first-order valence-electron chi connectivity index (χ1n) is 10.8. The van der Waals surface area contributed by atoms with Gasteiger partial charge in [0.15, 0.2) is 0 Å². The van der Waals surface area contributed by atoms with E-state index in [1.807, 2.05) is 32.7 Å². The van der Waals surface area contributed by atoms with E-state index in [1.54, 1.807) is 0 Å². The second kappa shape index (κ2) is 8.08. The number of rotatable bonds is 5. The van der Waals surface area contributed by atoms with E-state index < -0.39 is 5.60 Å². The molecule has 2 fully saturated rings. The van der Waals surface area contributed by atoms with Crippen molar-refractivity contribution in [2.75, 3.05) is 13.6 Å². The Morgan fingerprint density at radius 1 is 1.32 bits per heavy atom. The number of hydrogen-bond donors (Lipinski definition) is 1. The lowest BCUT2D eigenvalue weighted by Gasteiger charge is -2.42. The van der Waals surface area contributed by atoms with E-state index in [0.717, 1.165) is 44.5 Å². The summed E-state index contributed by atoms with van der Waals surface area (Å²) in [7, 11) is 1.87. The molecule has 1 saturated carbocycles. The molecule has 5 heteroatoms. The molecular formula is C23H41N3O2. The third kappa shape index (κ3) is 5.09. The topological polar surface area (TPSA) is 53.9 Å². The fourth-order valence-electron chi connectivity index (χ4n) is 4.25. The molecule has 1 aliphatic heterocycles. The minimum Gasteiger partial charge on any atom is -0.444 e. The van der Waals surface area contributed by atoms with Crippen LogP contribution in [0.15, 0.2) is 17.1 Å². The molecule has 0 bridgehead atoms. The van der Waals surface area contributed by atoms with Gasteiger partial charge in [-0.1, -0.05) is 20.4 Å². The van der Waals surface area contributed by atoms with Crippen LogP contribution in [0.25, 0.3) is 0 Å². The van der Waals surface area contributed by atoms with Crippen molar-refractivity contribution in [3.05, 3.63) is 12.2 Å². The molecule has 2 atom stereocenters. The summed E-state index contributed by atoms with van der Waals surface area (Å²) in [5, 5.41) is 3.69. The van der Waals surface area contributed by atoms with Gasteiger partial charge in [-0.25, -0.2) is 4.79 Å². The molecule has 0 aromatic heterocycles. The molecule has 0 aromatic carbocycles. The lowest BCUT2D eigenvalue weighted by Crippen LogP contribution is -2.54. The van der Waals surface area contributed by atoms with E-state index >= 15 is 0 Å². The highest BCUT2D eigenvalue weighted by Crippen LogP contribution is 2.50. The normalized spacial score (nSPS) is 23.4. The zero-order valence-corrected chi connectivity index (χ0v) is 19.3. The number of nitrogens with one attached hydrogen (secondary N) is 1. The van der Waals surface area contributed by atoms with Crippen molar-refractivity contribution in [1.82, 2.24) is 10.2 Å². The first-order valence-corrected chi connectivity index (χ1v) is 10.8. The first-order chi connectivity index (χ1) is 12.8.